The lowest BCUT2D eigenvalue weighted by Crippen LogP contribution is -1.99. The molecule has 2 N–H and O–H groups in total. The third kappa shape index (κ3) is 2.81. The lowest BCUT2D eigenvalue weighted by molar-refractivity contribution is 0.471. The maximum absolute atomic E-state index is 13.0. The van der Waals surface area contributed by atoms with Crippen molar-refractivity contribution in [2.45, 2.75) is 6.54 Å². The van der Waals surface area contributed by atoms with E-state index in [1.807, 2.05) is 0 Å². The molecule has 1 aromatic carbocycles. The predicted molar refractivity (Wildman–Crippen MR) is 66.3 cm³/mol. The zero-order chi connectivity index (χ0) is 12.3. The maximum atomic E-state index is 13.0. The van der Waals surface area contributed by atoms with Gasteiger partial charge in [0.05, 0.1) is 10.7 Å². The predicted octanol–water partition coefficient (Wildman–Crippen LogP) is 3.23. The third-order valence-corrected chi connectivity index (χ3v) is 2.82. The van der Waals surface area contributed by atoms with Crippen LogP contribution in [0.1, 0.15) is 5.56 Å². The number of aromatic nitrogens is 1. The topological polar surface area (TPSA) is 48.1 Å². The first kappa shape index (κ1) is 12.0. The normalized spacial score (nSPS) is 10.3. The number of hydrogen-bond acceptors (Lipinski definition) is 3. The highest BCUT2D eigenvalue weighted by molar-refractivity contribution is 9.10. The molecule has 2 aromatic rings. The SMILES string of the molecule is NCc1ccncc1Oc1ccc(F)c(Br)c1. The summed E-state index contributed by atoms with van der Waals surface area (Å²) in [5.41, 5.74) is 6.43. The van der Waals surface area contributed by atoms with Gasteiger partial charge in [-0.25, -0.2) is 4.39 Å². The summed E-state index contributed by atoms with van der Waals surface area (Å²) in [4.78, 5) is 3.96. The van der Waals surface area contributed by atoms with Crippen molar-refractivity contribution in [2.75, 3.05) is 0 Å². The van der Waals surface area contributed by atoms with E-state index in [2.05, 4.69) is 20.9 Å². The Kier molecular flexibility index (Phi) is 3.71. The van der Waals surface area contributed by atoms with Gasteiger partial charge in [-0.15, -0.1) is 0 Å². The minimum Gasteiger partial charge on any atom is -0.455 e. The Morgan fingerprint density at radius 3 is 2.88 bits per heavy atom. The molecule has 0 fully saturated rings. The highest BCUT2D eigenvalue weighted by Gasteiger charge is 2.05. The molecule has 0 amide bonds. The van der Waals surface area contributed by atoms with Crippen molar-refractivity contribution in [3.63, 3.8) is 0 Å². The number of benzene rings is 1. The molecule has 1 aromatic heterocycles. The number of pyridine rings is 1. The van der Waals surface area contributed by atoms with Crippen LogP contribution in [0.25, 0.3) is 0 Å². The molecule has 5 heteroatoms. The molecule has 0 saturated heterocycles. The highest BCUT2D eigenvalue weighted by atomic mass is 79.9. The minimum atomic E-state index is -0.331. The van der Waals surface area contributed by atoms with Gasteiger partial charge in [0.25, 0.3) is 0 Å². The maximum Gasteiger partial charge on any atom is 0.150 e. The van der Waals surface area contributed by atoms with Crippen LogP contribution in [-0.2, 0) is 6.54 Å². The largest absolute Gasteiger partial charge is 0.455 e. The molecular formula is C12H10BrFN2O. The van der Waals surface area contributed by atoms with Crippen molar-refractivity contribution < 1.29 is 9.13 Å². The molecule has 88 valence electrons. The van der Waals surface area contributed by atoms with Crippen LogP contribution in [0.5, 0.6) is 11.5 Å². The van der Waals surface area contributed by atoms with Gasteiger partial charge in [0.15, 0.2) is 0 Å². The zero-order valence-electron chi connectivity index (χ0n) is 8.86. The second kappa shape index (κ2) is 5.25. The van der Waals surface area contributed by atoms with Crippen LogP contribution >= 0.6 is 15.9 Å². The van der Waals surface area contributed by atoms with Crippen LogP contribution in [0.3, 0.4) is 0 Å². The summed E-state index contributed by atoms with van der Waals surface area (Å²) in [6.07, 6.45) is 3.23. The zero-order valence-corrected chi connectivity index (χ0v) is 10.4. The molecule has 0 unspecified atom stereocenters. The molecule has 0 radical (unpaired) electrons. The second-order valence-electron chi connectivity index (χ2n) is 3.37. The quantitative estimate of drug-likeness (QED) is 0.946. The van der Waals surface area contributed by atoms with E-state index in [-0.39, 0.29) is 5.82 Å². The number of rotatable bonds is 3. The summed E-state index contributed by atoms with van der Waals surface area (Å²) in [6, 6.07) is 6.22. The van der Waals surface area contributed by atoms with Crippen LogP contribution in [0.2, 0.25) is 0 Å². The molecule has 0 spiro atoms. The van der Waals surface area contributed by atoms with E-state index < -0.39 is 0 Å². The second-order valence-corrected chi connectivity index (χ2v) is 4.22. The van der Waals surface area contributed by atoms with Gasteiger partial charge in [0.1, 0.15) is 17.3 Å². The van der Waals surface area contributed by atoms with Crippen LogP contribution in [0.15, 0.2) is 41.1 Å². The first-order chi connectivity index (χ1) is 8.20. The van der Waals surface area contributed by atoms with Gasteiger partial charge in [-0.1, -0.05) is 0 Å². The van der Waals surface area contributed by atoms with Crippen LogP contribution in [-0.4, -0.2) is 4.98 Å². The number of hydrogen-bond donors (Lipinski definition) is 1. The fourth-order valence-electron chi connectivity index (χ4n) is 1.34. The van der Waals surface area contributed by atoms with E-state index in [0.717, 1.165) is 5.56 Å². The smallest absolute Gasteiger partial charge is 0.150 e. The fourth-order valence-corrected chi connectivity index (χ4v) is 1.69. The number of halogens is 2. The Bertz CT molecular complexity index is 534. The molecule has 3 nitrogen and oxygen atoms in total. The Labute approximate surface area is 107 Å². The summed E-state index contributed by atoms with van der Waals surface area (Å²) >= 11 is 3.10. The van der Waals surface area contributed by atoms with E-state index in [4.69, 9.17) is 10.5 Å². The average Bonchev–Trinajstić information content (AvgIpc) is 2.34. The Morgan fingerprint density at radius 1 is 1.35 bits per heavy atom. The average molecular weight is 297 g/mol. The molecule has 0 atom stereocenters. The van der Waals surface area contributed by atoms with Gasteiger partial charge in [0, 0.05) is 18.3 Å². The van der Waals surface area contributed by atoms with Gasteiger partial charge in [0.2, 0.25) is 0 Å². The van der Waals surface area contributed by atoms with Gasteiger partial charge >= 0.3 is 0 Å². The molecule has 0 aliphatic rings. The summed E-state index contributed by atoms with van der Waals surface area (Å²) < 4.78 is 19.0. The van der Waals surface area contributed by atoms with Crippen molar-refractivity contribution in [2.24, 2.45) is 5.73 Å². The summed E-state index contributed by atoms with van der Waals surface area (Å²) in [5.74, 6) is 0.775. The molecule has 17 heavy (non-hydrogen) atoms. The van der Waals surface area contributed by atoms with Crippen LogP contribution in [0, 0.1) is 5.82 Å². The van der Waals surface area contributed by atoms with Crippen molar-refractivity contribution >= 4 is 15.9 Å². The monoisotopic (exact) mass is 296 g/mol. The molecule has 2 rings (SSSR count). The molecule has 0 bridgehead atoms. The lowest BCUT2D eigenvalue weighted by atomic mass is 10.2. The number of nitrogens with two attached hydrogens (primary N) is 1. The Hall–Kier alpha value is -1.46. The van der Waals surface area contributed by atoms with E-state index >= 15 is 0 Å². The molecule has 0 saturated carbocycles. The summed E-state index contributed by atoms with van der Waals surface area (Å²) in [6.45, 7) is 0.361. The minimum absolute atomic E-state index is 0.331. The van der Waals surface area contributed by atoms with E-state index in [1.54, 1.807) is 30.6 Å². The van der Waals surface area contributed by atoms with Crippen molar-refractivity contribution in [3.8, 4) is 11.5 Å². The molecular weight excluding hydrogens is 287 g/mol. The van der Waals surface area contributed by atoms with E-state index in [0.29, 0.717) is 22.5 Å². The standard InChI is InChI=1S/C12H10BrFN2O/c13-10-5-9(1-2-11(10)14)17-12-7-16-4-3-8(12)6-15/h1-5,7H,6,15H2. The third-order valence-electron chi connectivity index (χ3n) is 2.21. The summed E-state index contributed by atoms with van der Waals surface area (Å²) in [5, 5.41) is 0. The van der Waals surface area contributed by atoms with Gasteiger partial charge in [-0.05, 0) is 40.2 Å². The van der Waals surface area contributed by atoms with E-state index in [1.165, 1.54) is 6.07 Å². The molecule has 0 aliphatic heterocycles. The Morgan fingerprint density at radius 2 is 2.18 bits per heavy atom. The molecule has 0 aliphatic carbocycles. The first-order valence-corrected chi connectivity index (χ1v) is 5.76. The van der Waals surface area contributed by atoms with E-state index in [9.17, 15) is 4.39 Å². The van der Waals surface area contributed by atoms with Crippen molar-refractivity contribution in [1.29, 1.82) is 0 Å². The van der Waals surface area contributed by atoms with Crippen LogP contribution in [0.4, 0.5) is 4.39 Å². The van der Waals surface area contributed by atoms with Gasteiger partial charge in [-0.2, -0.15) is 0 Å². The van der Waals surface area contributed by atoms with Gasteiger partial charge < -0.3 is 10.5 Å². The number of nitrogens with zero attached hydrogens (tertiary/aromatic N) is 1. The Balaban J connectivity index is 2.28. The highest BCUT2D eigenvalue weighted by Crippen LogP contribution is 2.27. The first-order valence-electron chi connectivity index (χ1n) is 4.96. The number of ether oxygens (including phenoxy) is 1. The van der Waals surface area contributed by atoms with Crippen molar-refractivity contribution in [1.82, 2.24) is 4.98 Å². The van der Waals surface area contributed by atoms with Gasteiger partial charge in [-0.3, -0.25) is 4.98 Å². The van der Waals surface area contributed by atoms with Crippen LogP contribution < -0.4 is 10.5 Å². The lowest BCUT2D eigenvalue weighted by Gasteiger charge is -2.09. The van der Waals surface area contributed by atoms with Crippen molar-refractivity contribution in [3.05, 3.63) is 52.5 Å². The molecule has 1 heterocycles. The fraction of sp³-hybridized carbons (Fsp3) is 0.0833. The summed E-state index contributed by atoms with van der Waals surface area (Å²) in [7, 11) is 0.